The highest BCUT2D eigenvalue weighted by Gasteiger charge is 2.00. The molecule has 0 amide bonds. The van der Waals surface area contributed by atoms with Crippen molar-refractivity contribution >= 4 is 46.3 Å². The fourth-order valence-electron chi connectivity index (χ4n) is 1.20. The molecule has 0 unspecified atom stereocenters. The van der Waals surface area contributed by atoms with Crippen LogP contribution in [0.15, 0.2) is 36.4 Å². The first-order valence-electron chi connectivity index (χ1n) is 4.50. The summed E-state index contributed by atoms with van der Waals surface area (Å²) in [5, 5.41) is 4.52. The van der Waals surface area contributed by atoms with Gasteiger partial charge in [0.1, 0.15) is 11.0 Å². The number of aromatic nitrogens is 1. The molecule has 82 valence electrons. The third-order valence-electron chi connectivity index (χ3n) is 1.91. The summed E-state index contributed by atoms with van der Waals surface area (Å²) in [5.41, 5.74) is 0.809. The van der Waals surface area contributed by atoms with Gasteiger partial charge in [-0.25, -0.2) is 4.98 Å². The van der Waals surface area contributed by atoms with Gasteiger partial charge in [-0.05, 0) is 30.3 Å². The van der Waals surface area contributed by atoms with Crippen LogP contribution in [0.4, 0.5) is 11.5 Å². The van der Waals surface area contributed by atoms with Crippen molar-refractivity contribution in [2.45, 2.75) is 0 Å². The first-order valence-corrected chi connectivity index (χ1v) is 5.63. The van der Waals surface area contributed by atoms with Gasteiger partial charge >= 0.3 is 0 Å². The third-order valence-corrected chi connectivity index (χ3v) is 2.86. The number of benzene rings is 1. The first kappa shape index (κ1) is 11.5. The first-order chi connectivity index (χ1) is 7.65. The fourth-order valence-corrected chi connectivity index (χ4v) is 1.66. The average Bonchev–Trinajstić information content (AvgIpc) is 2.24. The summed E-state index contributed by atoms with van der Waals surface area (Å²) < 4.78 is 0. The molecule has 5 heteroatoms. The normalized spacial score (nSPS) is 10.2. The average molecular weight is 274 g/mol. The lowest BCUT2D eigenvalue weighted by Gasteiger charge is -2.06. The summed E-state index contributed by atoms with van der Waals surface area (Å²) in [6.45, 7) is 0. The molecule has 0 bridgehead atoms. The standard InChI is InChI=1S/C11H7Cl3N2/c12-8-5-4-7(6-9(8)13)15-11-3-1-2-10(14)16-11/h1-6H,(H,15,16). The van der Waals surface area contributed by atoms with Crippen LogP contribution >= 0.6 is 34.8 Å². The van der Waals surface area contributed by atoms with Gasteiger partial charge in [0, 0.05) is 5.69 Å². The predicted molar refractivity (Wildman–Crippen MR) is 69.0 cm³/mol. The number of hydrogen-bond donors (Lipinski definition) is 1. The van der Waals surface area contributed by atoms with Gasteiger partial charge in [-0.1, -0.05) is 40.9 Å². The van der Waals surface area contributed by atoms with E-state index in [1.807, 2.05) is 18.2 Å². The zero-order chi connectivity index (χ0) is 11.5. The van der Waals surface area contributed by atoms with E-state index < -0.39 is 0 Å². The van der Waals surface area contributed by atoms with E-state index in [0.717, 1.165) is 5.69 Å². The maximum Gasteiger partial charge on any atom is 0.132 e. The van der Waals surface area contributed by atoms with Gasteiger partial charge in [0.2, 0.25) is 0 Å². The van der Waals surface area contributed by atoms with Gasteiger partial charge in [-0.2, -0.15) is 0 Å². The number of hydrogen-bond acceptors (Lipinski definition) is 2. The van der Waals surface area contributed by atoms with Crippen LogP contribution in [0.1, 0.15) is 0 Å². The molecule has 0 saturated carbocycles. The van der Waals surface area contributed by atoms with E-state index in [2.05, 4.69) is 10.3 Å². The van der Waals surface area contributed by atoms with E-state index >= 15 is 0 Å². The molecule has 0 fully saturated rings. The molecule has 1 heterocycles. The van der Waals surface area contributed by atoms with Gasteiger partial charge in [-0.15, -0.1) is 0 Å². The number of nitrogens with zero attached hydrogens (tertiary/aromatic N) is 1. The monoisotopic (exact) mass is 272 g/mol. The minimum absolute atomic E-state index is 0.435. The molecule has 0 saturated heterocycles. The van der Waals surface area contributed by atoms with Gasteiger partial charge in [-0.3, -0.25) is 0 Å². The Bertz CT molecular complexity index is 514. The highest BCUT2D eigenvalue weighted by Crippen LogP contribution is 2.26. The molecular weight excluding hydrogens is 266 g/mol. The Labute approximate surface area is 108 Å². The molecule has 16 heavy (non-hydrogen) atoms. The molecule has 0 atom stereocenters. The van der Waals surface area contributed by atoms with Crippen LogP contribution in [0, 0.1) is 0 Å². The molecule has 0 radical (unpaired) electrons. The van der Waals surface area contributed by atoms with Gasteiger partial charge in [0.15, 0.2) is 0 Å². The van der Waals surface area contributed by atoms with Crippen LogP contribution in [-0.2, 0) is 0 Å². The molecule has 1 aromatic carbocycles. The number of anilines is 2. The molecular formula is C11H7Cl3N2. The second kappa shape index (κ2) is 4.91. The Balaban J connectivity index is 2.24. The lowest BCUT2D eigenvalue weighted by Crippen LogP contribution is -1.93. The summed E-state index contributed by atoms with van der Waals surface area (Å²) in [4.78, 5) is 4.10. The Morgan fingerprint density at radius 2 is 1.75 bits per heavy atom. The lowest BCUT2D eigenvalue weighted by atomic mass is 10.3. The van der Waals surface area contributed by atoms with Crippen LogP contribution in [-0.4, -0.2) is 4.98 Å². The predicted octanol–water partition coefficient (Wildman–Crippen LogP) is 4.79. The quantitative estimate of drug-likeness (QED) is 0.796. The molecule has 2 rings (SSSR count). The van der Waals surface area contributed by atoms with Crippen molar-refractivity contribution < 1.29 is 0 Å². The third kappa shape index (κ3) is 2.79. The van der Waals surface area contributed by atoms with Crippen LogP contribution in [0.25, 0.3) is 0 Å². The summed E-state index contributed by atoms with van der Waals surface area (Å²) in [5.74, 6) is 0.658. The van der Waals surface area contributed by atoms with E-state index in [1.54, 1.807) is 18.2 Å². The minimum atomic E-state index is 0.435. The smallest absolute Gasteiger partial charge is 0.132 e. The Morgan fingerprint density at radius 1 is 0.938 bits per heavy atom. The van der Waals surface area contributed by atoms with Crippen LogP contribution in [0.2, 0.25) is 15.2 Å². The molecule has 0 aliphatic rings. The second-order valence-corrected chi connectivity index (χ2v) is 4.30. The zero-order valence-electron chi connectivity index (χ0n) is 8.05. The molecule has 2 nitrogen and oxygen atoms in total. The summed E-state index contributed by atoms with van der Waals surface area (Å²) >= 11 is 17.5. The van der Waals surface area contributed by atoms with E-state index in [9.17, 15) is 0 Å². The molecule has 0 aliphatic carbocycles. The highest BCUT2D eigenvalue weighted by molar-refractivity contribution is 6.42. The van der Waals surface area contributed by atoms with Crippen molar-refractivity contribution in [2.24, 2.45) is 0 Å². The van der Waals surface area contributed by atoms with Crippen molar-refractivity contribution in [3.63, 3.8) is 0 Å². The molecule has 1 aromatic heterocycles. The molecule has 0 aliphatic heterocycles. The van der Waals surface area contributed by atoms with Gasteiger partial charge < -0.3 is 5.32 Å². The van der Waals surface area contributed by atoms with Crippen molar-refractivity contribution in [3.05, 3.63) is 51.6 Å². The topological polar surface area (TPSA) is 24.9 Å². The fraction of sp³-hybridized carbons (Fsp3) is 0. The SMILES string of the molecule is Clc1cccc(Nc2ccc(Cl)c(Cl)c2)n1. The zero-order valence-corrected chi connectivity index (χ0v) is 10.3. The van der Waals surface area contributed by atoms with Crippen molar-refractivity contribution in [2.75, 3.05) is 5.32 Å². The summed E-state index contributed by atoms with van der Waals surface area (Å²) in [7, 11) is 0. The molecule has 1 N–H and O–H groups in total. The highest BCUT2D eigenvalue weighted by atomic mass is 35.5. The van der Waals surface area contributed by atoms with E-state index in [0.29, 0.717) is 21.0 Å². The van der Waals surface area contributed by atoms with E-state index in [1.165, 1.54) is 0 Å². The summed E-state index contributed by atoms with van der Waals surface area (Å²) in [6, 6.07) is 10.6. The Morgan fingerprint density at radius 3 is 2.44 bits per heavy atom. The number of halogens is 3. The van der Waals surface area contributed by atoms with E-state index in [4.69, 9.17) is 34.8 Å². The lowest BCUT2D eigenvalue weighted by molar-refractivity contribution is 1.31. The molecule has 0 spiro atoms. The van der Waals surface area contributed by atoms with E-state index in [-0.39, 0.29) is 0 Å². The number of rotatable bonds is 2. The second-order valence-electron chi connectivity index (χ2n) is 3.10. The maximum atomic E-state index is 5.89. The minimum Gasteiger partial charge on any atom is -0.340 e. The van der Waals surface area contributed by atoms with Crippen LogP contribution in [0.3, 0.4) is 0 Å². The number of pyridine rings is 1. The van der Waals surface area contributed by atoms with Crippen LogP contribution < -0.4 is 5.32 Å². The maximum absolute atomic E-state index is 5.89. The van der Waals surface area contributed by atoms with Crippen LogP contribution in [0.5, 0.6) is 0 Å². The van der Waals surface area contributed by atoms with Crippen molar-refractivity contribution in [1.29, 1.82) is 0 Å². The van der Waals surface area contributed by atoms with Gasteiger partial charge in [0.25, 0.3) is 0 Å². The largest absolute Gasteiger partial charge is 0.340 e. The summed E-state index contributed by atoms with van der Waals surface area (Å²) in [6.07, 6.45) is 0. The Kier molecular flexibility index (Phi) is 3.54. The van der Waals surface area contributed by atoms with Crippen molar-refractivity contribution in [1.82, 2.24) is 4.98 Å². The number of nitrogens with one attached hydrogen (secondary N) is 1. The van der Waals surface area contributed by atoms with Gasteiger partial charge in [0.05, 0.1) is 10.0 Å². The Hall–Kier alpha value is -0.960. The molecule has 2 aromatic rings. The van der Waals surface area contributed by atoms with Crippen molar-refractivity contribution in [3.8, 4) is 0 Å².